The molecule has 0 aliphatic carbocycles. The van der Waals surface area contributed by atoms with Crippen molar-refractivity contribution < 1.29 is 0 Å². The van der Waals surface area contributed by atoms with Gasteiger partial charge in [-0.25, -0.2) is 0 Å². The van der Waals surface area contributed by atoms with E-state index in [1.54, 1.807) is 0 Å². The van der Waals surface area contributed by atoms with Gasteiger partial charge in [0, 0.05) is 6.07 Å². The first-order chi connectivity index (χ1) is 9.82. The highest BCUT2D eigenvalue weighted by atomic mass is 32.7. The van der Waals surface area contributed by atoms with Crippen LogP contribution in [0.5, 0.6) is 0 Å². The average Bonchev–Trinajstić information content (AvgIpc) is 2.56. The van der Waals surface area contributed by atoms with Crippen LogP contribution < -0.4 is 15.9 Å². The molecule has 0 saturated carbocycles. The van der Waals surface area contributed by atoms with Crippen LogP contribution in [0.2, 0.25) is 0 Å². The molecule has 0 N–H and O–H groups in total. The van der Waals surface area contributed by atoms with Crippen LogP contribution in [0.3, 0.4) is 0 Å². The quantitative estimate of drug-likeness (QED) is 0.528. The second-order valence-electron chi connectivity index (χ2n) is 4.53. The highest BCUT2D eigenvalue weighted by Crippen LogP contribution is 2.52. The molecule has 0 aliphatic heterocycles. The Labute approximate surface area is 126 Å². The molecular weight excluding hydrogens is 279 g/mol. The number of hydrogen-bond donors (Lipinski definition) is 0. The van der Waals surface area contributed by atoms with E-state index in [1.807, 2.05) is 30.3 Å². The van der Waals surface area contributed by atoms with E-state index in [0.29, 0.717) is 0 Å². The van der Waals surface area contributed by atoms with Crippen molar-refractivity contribution in [2.24, 2.45) is 0 Å². The third-order valence-corrected chi connectivity index (χ3v) is 8.13. The summed E-state index contributed by atoms with van der Waals surface area (Å²) in [6.45, 7) is -2.00. The number of rotatable bonds is 3. The maximum atomic E-state index is 6.18. The average molecular weight is 293 g/mol. The molecule has 3 rings (SSSR count). The molecule has 0 spiro atoms. The summed E-state index contributed by atoms with van der Waals surface area (Å²) in [5, 5.41) is 3.54. The molecule has 0 bridgehead atoms. The second kappa shape index (κ2) is 5.83. The van der Waals surface area contributed by atoms with Crippen molar-refractivity contribution in [2.45, 2.75) is 0 Å². The minimum atomic E-state index is -2.00. The molecule has 0 fully saturated rings. The summed E-state index contributed by atoms with van der Waals surface area (Å²) < 4.78 is 0. The normalized spacial score (nSPS) is 11.2. The van der Waals surface area contributed by atoms with Crippen molar-refractivity contribution in [3.05, 3.63) is 91.0 Å². The first-order valence-corrected chi connectivity index (χ1v) is 9.30. The predicted octanol–water partition coefficient (Wildman–Crippen LogP) is 3.24. The molecule has 3 aromatic carbocycles. The Morgan fingerprint density at radius 1 is 0.650 bits per heavy atom. The minimum Gasteiger partial charge on any atom is -0.540 e. The van der Waals surface area contributed by atoms with Crippen LogP contribution in [0.1, 0.15) is 0 Å². The molecule has 20 heavy (non-hydrogen) atoms. The lowest BCUT2D eigenvalue weighted by Gasteiger charge is -2.32. The molecule has 0 amide bonds. The van der Waals surface area contributed by atoms with E-state index in [-0.39, 0.29) is 0 Å². The van der Waals surface area contributed by atoms with Gasteiger partial charge in [0.2, 0.25) is 0 Å². The van der Waals surface area contributed by atoms with Crippen molar-refractivity contribution >= 4 is 34.6 Å². The first kappa shape index (κ1) is 13.4. The van der Waals surface area contributed by atoms with Gasteiger partial charge in [-0.05, 0) is 36.8 Å². The Kier molecular flexibility index (Phi) is 3.91. The maximum absolute atomic E-state index is 6.18. The lowest BCUT2D eigenvalue weighted by atomic mass is 10.4. The summed E-state index contributed by atoms with van der Waals surface area (Å²) in [4.78, 5) is 0. The summed E-state index contributed by atoms with van der Waals surface area (Å²) >= 11 is 6.18. The van der Waals surface area contributed by atoms with E-state index >= 15 is 0 Å². The molecule has 0 aliphatic rings. The molecule has 0 aromatic heterocycles. The van der Waals surface area contributed by atoms with E-state index < -0.39 is 6.46 Å². The third kappa shape index (κ3) is 2.40. The van der Waals surface area contributed by atoms with Crippen molar-refractivity contribution in [1.29, 1.82) is 0 Å². The highest BCUT2D eigenvalue weighted by molar-refractivity contribution is 8.51. The van der Waals surface area contributed by atoms with Crippen LogP contribution in [0.15, 0.2) is 84.9 Å². The zero-order valence-corrected chi connectivity index (χ0v) is 12.6. The Hall–Kier alpha value is -1.56. The summed E-state index contributed by atoms with van der Waals surface area (Å²) in [5.74, 6) is 0. The van der Waals surface area contributed by atoms with E-state index in [4.69, 9.17) is 12.2 Å². The fourth-order valence-electron chi connectivity index (χ4n) is 2.28. The van der Waals surface area contributed by atoms with Crippen molar-refractivity contribution in [3.8, 4) is 0 Å². The summed E-state index contributed by atoms with van der Waals surface area (Å²) in [6.07, 6.45) is 0. The Balaban J connectivity index is 2.24. The van der Waals surface area contributed by atoms with Crippen molar-refractivity contribution in [1.82, 2.24) is 0 Å². The van der Waals surface area contributed by atoms with Gasteiger partial charge in [0.05, 0.1) is 15.9 Å². The largest absolute Gasteiger partial charge is 0.540 e. The van der Waals surface area contributed by atoms with Crippen LogP contribution in [-0.4, -0.2) is 0 Å². The molecule has 0 unspecified atom stereocenters. The number of benzene rings is 3. The van der Waals surface area contributed by atoms with Crippen molar-refractivity contribution in [2.75, 3.05) is 0 Å². The molecule has 3 aromatic rings. The maximum Gasteiger partial charge on any atom is 0.0909 e. The van der Waals surface area contributed by atoms with Gasteiger partial charge in [-0.15, -0.1) is 0 Å². The molecule has 0 atom stereocenters. The second-order valence-corrected chi connectivity index (χ2v) is 8.90. The van der Waals surface area contributed by atoms with Crippen LogP contribution >= 0.6 is 6.46 Å². The molecule has 2 heteroatoms. The van der Waals surface area contributed by atoms with Gasteiger partial charge in [-0.2, -0.15) is 0 Å². The zero-order chi connectivity index (χ0) is 13.8. The zero-order valence-electron chi connectivity index (χ0n) is 10.9. The topological polar surface area (TPSA) is 0 Å². The van der Waals surface area contributed by atoms with E-state index in [1.165, 1.54) is 10.6 Å². The Bertz CT molecular complexity index is 569. The van der Waals surface area contributed by atoms with E-state index in [2.05, 4.69) is 60.7 Å². The predicted molar refractivity (Wildman–Crippen MR) is 91.3 cm³/mol. The molecule has 1 radical (unpaired) electrons. The van der Waals surface area contributed by atoms with Gasteiger partial charge in [0.25, 0.3) is 0 Å². The van der Waals surface area contributed by atoms with Crippen LogP contribution in [0, 0.1) is 6.07 Å². The third-order valence-electron chi connectivity index (χ3n) is 3.27. The van der Waals surface area contributed by atoms with Crippen LogP contribution in [-0.2, 0) is 12.2 Å². The lowest BCUT2D eigenvalue weighted by molar-refractivity contribution is 1.73. The first-order valence-electron chi connectivity index (χ1n) is 6.50. The van der Waals surface area contributed by atoms with Crippen LogP contribution in [0.25, 0.3) is 0 Å². The molecule has 97 valence electrons. The fraction of sp³-hybridized carbons (Fsp3) is 0. The van der Waals surface area contributed by atoms with Crippen LogP contribution in [0.4, 0.5) is 0 Å². The standard InChI is InChI=1S/C18H14PS/c20-19(16-10-4-1-5-11-16,17-12-6-2-7-13-17)18-14-8-3-9-15-18/h1-14H. The minimum absolute atomic E-state index is 1.12. The number of hydrogen-bond acceptors (Lipinski definition) is 1. The summed E-state index contributed by atoms with van der Waals surface area (Å²) in [7, 11) is 0. The molecular formula is C18H14PS. The SMILES string of the molecule is [S-][P+](c1[c]cccc1)(c1ccccc1)c1ccccc1. The van der Waals surface area contributed by atoms with Gasteiger partial charge >= 0.3 is 0 Å². The summed E-state index contributed by atoms with van der Waals surface area (Å²) in [5.41, 5.74) is 0. The Morgan fingerprint density at radius 2 is 1.15 bits per heavy atom. The van der Waals surface area contributed by atoms with E-state index in [9.17, 15) is 0 Å². The highest BCUT2D eigenvalue weighted by Gasteiger charge is 2.31. The molecule has 0 saturated heterocycles. The van der Waals surface area contributed by atoms with Gasteiger partial charge in [0.1, 0.15) is 0 Å². The van der Waals surface area contributed by atoms with Gasteiger partial charge in [0.15, 0.2) is 0 Å². The van der Waals surface area contributed by atoms with Gasteiger partial charge in [-0.3, -0.25) is 0 Å². The van der Waals surface area contributed by atoms with Gasteiger partial charge in [-0.1, -0.05) is 54.6 Å². The monoisotopic (exact) mass is 293 g/mol. The lowest BCUT2D eigenvalue weighted by Crippen LogP contribution is -2.29. The molecule has 0 nitrogen and oxygen atoms in total. The van der Waals surface area contributed by atoms with Crippen molar-refractivity contribution in [3.63, 3.8) is 0 Å². The molecule has 0 heterocycles. The summed E-state index contributed by atoms with van der Waals surface area (Å²) in [6, 6.07) is 32.2. The van der Waals surface area contributed by atoms with E-state index in [0.717, 1.165) is 5.30 Å². The smallest absolute Gasteiger partial charge is 0.0909 e. The Morgan fingerprint density at radius 3 is 1.60 bits per heavy atom. The fourth-order valence-corrected chi connectivity index (χ4v) is 5.94. The van der Waals surface area contributed by atoms with Gasteiger partial charge < -0.3 is 12.2 Å².